The summed E-state index contributed by atoms with van der Waals surface area (Å²) in [7, 11) is 0. The molecule has 2 nitrogen and oxygen atoms in total. The second kappa shape index (κ2) is 5.38. The molecule has 3 heteroatoms. The van der Waals surface area contributed by atoms with Crippen molar-refractivity contribution in [2.45, 2.75) is 32.6 Å². The van der Waals surface area contributed by atoms with Crippen LogP contribution in [0, 0.1) is 6.92 Å². The second-order valence-electron chi connectivity index (χ2n) is 5.39. The number of aryl methyl sites for hydroxylation is 1. The third kappa shape index (κ3) is 2.69. The van der Waals surface area contributed by atoms with Crippen molar-refractivity contribution in [1.82, 2.24) is 4.98 Å². The lowest BCUT2D eigenvalue weighted by molar-refractivity contribution is 0.726. The van der Waals surface area contributed by atoms with Gasteiger partial charge in [0.2, 0.25) is 0 Å². The van der Waals surface area contributed by atoms with Crippen LogP contribution in [0.1, 0.15) is 31.2 Å². The predicted molar refractivity (Wildman–Crippen MR) is 82.2 cm³/mol. The SMILES string of the molecule is Cc1ccc2c(N3CCCCCC3)nc(Cl)cc2c1. The molecule has 1 fully saturated rings. The summed E-state index contributed by atoms with van der Waals surface area (Å²) in [6.45, 7) is 4.30. The quantitative estimate of drug-likeness (QED) is 0.708. The van der Waals surface area contributed by atoms with Gasteiger partial charge < -0.3 is 4.90 Å². The molecule has 0 N–H and O–H groups in total. The number of fused-ring (bicyclic) bond motifs is 1. The third-order valence-corrected chi connectivity index (χ3v) is 4.03. The molecule has 0 radical (unpaired) electrons. The van der Waals surface area contributed by atoms with Crippen LogP contribution in [-0.4, -0.2) is 18.1 Å². The Kier molecular flexibility index (Phi) is 3.61. The zero-order chi connectivity index (χ0) is 13.2. The van der Waals surface area contributed by atoms with Crippen molar-refractivity contribution in [1.29, 1.82) is 0 Å². The Hall–Kier alpha value is -1.28. The summed E-state index contributed by atoms with van der Waals surface area (Å²) in [5, 5.41) is 3.01. The Labute approximate surface area is 119 Å². The van der Waals surface area contributed by atoms with Gasteiger partial charge in [0.1, 0.15) is 11.0 Å². The Morgan fingerprint density at radius 1 is 1.05 bits per heavy atom. The summed E-state index contributed by atoms with van der Waals surface area (Å²) < 4.78 is 0. The highest BCUT2D eigenvalue weighted by molar-refractivity contribution is 6.30. The number of anilines is 1. The van der Waals surface area contributed by atoms with Crippen LogP contribution in [0.15, 0.2) is 24.3 Å². The third-order valence-electron chi connectivity index (χ3n) is 3.84. The molecule has 1 aliphatic heterocycles. The van der Waals surface area contributed by atoms with Gasteiger partial charge >= 0.3 is 0 Å². The molecule has 0 atom stereocenters. The van der Waals surface area contributed by atoms with Gasteiger partial charge in [-0.25, -0.2) is 4.98 Å². The van der Waals surface area contributed by atoms with E-state index < -0.39 is 0 Å². The minimum absolute atomic E-state index is 0.595. The molecule has 0 saturated carbocycles. The Balaban J connectivity index is 2.10. The predicted octanol–water partition coefficient (Wildman–Crippen LogP) is 4.58. The fourth-order valence-corrected chi connectivity index (χ4v) is 3.05. The average molecular weight is 275 g/mol. The fourth-order valence-electron chi connectivity index (χ4n) is 2.85. The van der Waals surface area contributed by atoms with Crippen molar-refractivity contribution in [2.24, 2.45) is 0 Å². The van der Waals surface area contributed by atoms with Crippen LogP contribution in [0.3, 0.4) is 0 Å². The average Bonchev–Trinajstić information content (AvgIpc) is 2.65. The first-order valence-corrected chi connectivity index (χ1v) is 7.44. The molecular weight excluding hydrogens is 256 g/mol. The van der Waals surface area contributed by atoms with E-state index in [9.17, 15) is 0 Å². The Morgan fingerprint density at radius 3 is 2.53 bits per heavy atom. The molecule has 1 aliphatic rings. The van der Waals surface area contributed by atoms with Gasteiger partial charge in [0.05, 0.1) is 0 Å². The lowest BCUT2D eigenvalue weighted by atomic mass is 10.1. The molecule has 0 amide bonds. The summed E-state index contributed by atoms with van der Waals surface area (Å²) in [6.07, 6.45) is 5.16. The second-order valence-corrected chi connectivity index (χ2v) is 5.78. The first kappa shape index (κ1) is 12.7. The minimum Gasteiger partial charge on any atom is -0.356 e. The number of aromatic nitrogens is 1. The number of benzene rings is 1. The Morgan fingerprint density at radius 2 is 1.79 bits per heavy atom. The summed E-state index contributed by atoms with van der Waals surface area (Å²) >= 11 is 6.20. The standard InChI is InChI=1S/C16H19ClN2/c1-12-6-7-14-13(10-12)11-15(17)18-16(14)19-8-4-2-3-5-9-19/h6-7,10-11H,2-5,8-9H2,1H3. The van der Waals surface area contributed by atoms with Crippen LogP contribution >= 0.6 is 11.6 Å². The van der Waals surface area contributed by atoms with Crippen molar-refractivity contribution >= 4 is 28.2 Å². The molecule has 19 heavy (non-hydrogen) atoms. The van der Waals surface area contributed by atoms with Gasteiger partial charge in [-0.2, -0.15) is 0 Å². The maximum absolute atomic E-state index is 6.20. The van der Waals surface area contributed by atoms with Crippen LogP contribution in [0.5, 0.6) is 0 Å². The number of halogens is 1. The summed E-state index contributed by atoms with van der Waals surface area (Å²) in [6, 6.07) is 8.48. The molecule has 0 spiro atoms. The first-order chi connectivity index (χ1) is 9.24. The van der Waals surface area contributed by atoms with E-state index in [0.29, 0.717) is 5.15 Å². The van der Waals surface area contributed by atoms with Gasteiger partial charge in [-0.1, -0.05) is 48.2 Å². The minimum atomic E-state index is 0.595. The molecule has 0 bridgehead atoms. The number of hydrogen-bond acceptors (Lipinski definition) is 2. The van der Waals surface area contributed by atoms with Gasteiger partial charge in [-0.3, -0.25) is 0 Å². The molecule has 0 aliphatic carbocycles. The number of rotatable bonds is 1. The van der Waals surface area contributed by atoms with Crippen LogP contribution < -0.4 is 4.90 Å². The Bertz CT molecular complexity index is 581. The van der Waals surface area contributed by atoms with Crippen molar-refractivity contribution in [3.63, 3.8) is 0 Å². The number of pyridine rings is 1. The fraction of sp³-hybridized carbons (Fsp3) is 0.438. The monoisotopic (exact) mass is 274 g/mol. The zero-order valence-corrected chi connectivity index (χ0v) is 12.1. The molecule has 3 rings (SSSR count). The lowest BCUT2D eigenvalue weighted by Gasteiger charge is -2.23. The summed E-state index contributed by atoms with van der Waals surface area (Å²) in [5.74, 6) is 1.06. The van der Waals surface area contributed by atoms with Crippen molar-refractivity contribution < 1.29 is 0 Å². The summed E-state index contributed by atoms with van der Waals surface area (Å²) in [5.41, 5.74) is 1.26. The van der Waals surface area contributed by atoms with E-state index in [0.717, 1.165) is 18.9 Å². The molecule has 1 saturated heterocycles. The van der Waals surface area contributed by atoms with Crippen LogP contribution in [0.4, 0.5) is 5.82 Å². The van der Waals surface area contributed by atoms with E-state index in [1.165, 1.54) is 42.0 Å². The maximum atomic E-state index is 6.20. The van der Waals surface area contributed by atoms with Crippen LogP contribution in [-0.2, 0) is 0 Å². The largest absolute Gasteiger partial charge is 0.356 e. The van der Waals surface area contributed by atoms with E-state index in [4.69, 9.17) is 11.6 Å². The molecule has 100 valence electrons. The van der Waals surface area contributed by atoms with E-state index in [1.807, 2.05) is 6.07 Å². The van der Waals surface area contributed by atoms with E-state index in [1.54, 1.807) is 0 Å². The highest BCUT2D eigenvalue weighted by Crippen LogP contribution is 2.29. The normalized spacial score (nSPS) is 16.6. The lowest BCUT2D eigenvalue weighted by Crippen LogP contribution is -2.25. The molecule has 2 aromatic rings. The molecule has 2 heterocycles. The van der Waals surface area contributed by atoms with Gasteiger partial charge in [0, 0.05) is 18.5 Å². The van der Waals surface area contributed by atoms with Gasteiger partial charge in [-0.15, -0.1) is 0 Å². The van der Waals surface area contributed by atoms with Crippen LogP contribution in [0.25, 0.3) is 10.8 Å². The molecule has 1 aromatic carbocycles. The van der Waals surface area contributed by atoms with Crippen LogP contribution in [0.2, 0.25) is 5.15 Å². The van der Waals surface area contributed by atoms with Gasteiger partial charge in [-0.05, 0) is 31.2 Å². The highest BCUT2D eigenvalue weighted by Gasteiger charge is 2.15. The molecule has 1 aromatic heterocycles. The smallest absolute Gasteiger partial charge is 0.138 e. The zero-order valence-electron chi connectivity index (χ0n) is 11.3. The van der Waals surface area contributed by atoms with Gasteiger partial charge in [0.15, 0.2) is 0 Å². The van der Waals surface area contributed by atoms with Crippen molar-refractivity contribution in [3.8, 4) is 0 Å². The topological polar surface area (TPSA) is 16.1 Å². The van der Waals surface area contributed by atoms with E-state index >= 15 is 0 Å². The highest BCUT2D eigenvalue weighted by atomic mass is 35.5. The van der Waals surface area contributed by atoms with Crippen molar-refractivity contribution in [2.75, 3.05) is 18.0 Å². The maximum Gasteiger partial charge on any atom is 0.138 e. The number of hydrogen-bond donors (Lipinski definition) is 0. The summed E-state index contributed by atoms with van der Waals surface area (Å²) in [4.78, 5) is 6.99. The molecular formula is C16H19ClN2. The van der Waals surface area contributed by atoms with Crippen molar-refractivity contribution in [3.05, 3.63) is 35.0 Å². The van der Waals surface area contributed by atoms with Gasteiger partial charge in [0.25, 0.3) is 0 Å². The van der Waals surface area contributed by atoms with E-state index in [2.05, 4.69) is 35.0 Å². The van der Waals surface area contributed by atoms with E-state index in [-0.39, 0.29) is 0 Å². The molecule has 0 unspecified atom stereocenters. The first-order valence-electron chi connectivity index (χ1n) is 7.06. The number of nitrogens with zero attached hydrogens (tertiary/aromatic N) is 2.